The maximum atomic E-state index is 14.1. The normalized spacial score (nSPS) is 14.3. The summed E-state index contributed by atoms with van der Waals surface area (Å²) in [5.41, 5.74) is 1.98. The van der Waals surface area contributed by atoms with Crippen molar-refractivity contribution in [1.29, 1.82) is 0 Å². The SMILES string of the molecule is CCOc1ccc(N(CC(=O)N(Cc2ccc(Cl)cc2)C(C)C(=O)NC2CCCC2)S(=O)(=O)c2ccc(C)cc2)cc1. The van der Waals surface area contributed by atoms with Crippen LogP contribution in [0.3, 0.4) is 0 Å². The molecule has 4 rings (SSSR count). The van der Waals surface area contributed by atoms with Gasteiger partial charge in [-0.25, -0.2) is 8.42 Å². The number of sulfonamides is 1. The fraction of sp³-hybridized carbons (Fsp3) is 0.375. The molecule has 8 nitrogen and oxygen atoms in total. The molecule has 42 heavy (non-hydrogen) atoms. The summed E-state index contributed by atoms with van der Waals surface area (Å²) in [6, 6.07) is 19.3. The van der Waals surface area contributed by atoms with Crippen molar-refractivity contribution in [2.45, 2.75) is 70.0 Å². The number of hydrogen-bond acceptors (Lipinski definition) is 5. The smallest absolute Gasteiger partial charge is 0.264 e. The van der Waals surface area contributed by atoms with Gasteiger partial charge in [0, 0.05) is 17.6 Å². The highest BCUT2D eigenvalue weighted by Crippen LogP contribution is 2.27. The molecule has 3 aromatic carbocycles. The van der Waals surface area contributed by atoms with E-state index < -0.39 is 28.5 Å². The van der Waals surface area contributed by atoms with Gasteiger partial charge in [-0.05, 0) is 87.7 Å². The van der Waals surface area contributed by atoms with E-state index in [2.05, 4.69) is 5.32 Å². The first-order valence-corrected chi connectivity index (χ1v) is 16.1. The average molecular weight is 612 g/mol. The first kappa shape index (κ1) is 31.4. The van der Waals surface area contributed by atoms with E-state index in [0.717, 1.165) is 41.1 Å². The van der Waals surface area contributed by atoms with Crippen molar-refractivity contribution in [2.24, 2.45) is 0 Å². The number of nitrogens with zero attached hydrogens (tertiary/aromatic N) is 2. The highest BCUT2D eigenvalue weighted by atomic mass is 35.5. The van der Waals surface area contributed by atoms with Gasteiger partial charge in [-0.3, -0.25) is 13.9 Å². The second-order valence-electron chi connectivity index (χ2n) is 10.6. The second-order valence-corrected chi connectivity index (χ2v) is 12.9. The Hall–Kier alpha value is -3.56. The lowest BCUT2D eigenvalue weighted by Crippen LogP contribution is -2.52. The fourth-order valence-electron chi connectivity index (χ4n) is 5.00. The first-order chi connectivity index (χ1) is 20.1. The van der Waals surface area contributed by atoms with Crippen LogP contribution in [0.2, 0.25) is 5.02 Å². The van der Waals surface area contributed by atoms with Crippen molar-refractivity contribution in [3.63, 3.8) is 0 Å². The summed E-state index contributed by atoms with van der Waals surface area (Å²) in [5.74, 6) is -0.191. The van der Waals surface area contributed by atoms with Gasteiger partial charge < -0.3 is 15.0 Å². The lowest BCUT2D eigenvalue weighted by molar-refractivity contribution is -0.139. The number of amides is 2. The predicted molar refractivity (Wildman–Crippen MR) is 165 cm³/mol. The molecule has 0 heterocycles. The van der Waals surface area contributed by atoms with E-state index in [4.69, 9.17) is 16.3 Å². The molecule has 0 bridgehead atoms. The molecule has 0 aromatic heterocycles. The maximum Gasteiger partial charge on any atom is 0.264 e. The lowest BCUT2D eigenvalue weighted by Gasteiger charge is -2.32. The van der Waals surface area contributed by atoms with Crippen LogP contribution in [-0.2, 0) is 26.2 Å². The van der Waals surface area contributed by atoms with Gasteiger partial charge >= 0.3 is 0 Å². The Morgan fingerprint density at radius 1 is 0.976 bits per heavy atom. The predicted octanol–water partition coefficient (Wildman–Crippen LogP) is 5.72. The quantitative estimate of drug-likeness (QED) is 0.283. The molecular formula is C32H38ClN3O5S. The van der Waals surface area contributed by atoms with E-state index in [1.165, 1.54) is 17.0 Å². The molecule has 0 saturated heterocycles. The number of ether oxygens (including phenoxy) is 1. The number of benzene rings is 3. The van der Waals surface area contributed by atoms with Crippen LogP contribution in [0.4, 0.5) is 5.69 Å². The number of carbonyl (C=O) groups is 2. The number of hydrogen-bond donors (Lipinski definition) is 1. The van der Waals surface area contributed by atoms with Crippen molar-refractivity contribution in [3.05, 3.63) is 88.9 Å². The zero-order valence-electron chi connectivity index (χ0n) is 24.3. The molecule has 1 aliphatic rings. The lowest BCUT2D eigenvalue weighted by atomic mass is 10.1. The van der Waals surface area contributed by atoms with Gasteiger partial charge in [0.15, 0.2) is 0 Å². The summed E-state index contributed by atoms with van der Waals surface area (Å²) in [4.78, 5) is 28.9. The molecule has 0 radical (unpaired) electrons. The zero-order chi connectivity index (χ0) is 30.3. The van der Waals surface area contributed by atoms with E-state index in [1.54, 1.807) is 67.6 Å². The zero-order valence-corrected chi connectivity index (χ0v) is 25.8. The third-order valence-electron chi connectivity index (χ3n) is 7.46. The summed E-state index contributed by atoms with van der Waals surface area (Å²) in [6.07, 6.45) is 3.93. The standard InChI is InChI=1S/C32H38ClN3O5S/c1-4-41-29-17-15-28(16-18-29)36(42(39,40)30-19-9-23(2)10-20-30)22-31(37)35(21-25-11-13-26(33)14-12-25)24(3)32(38)34-27-7-5-6-8-27/h9-20,24,27H,4-8,21-22H2,1-3H3,(H,34,38). The van der Waals surface area contributed by atoms with E-state index in [1.807, 2.05) is 13.8 Å². The number of aryl methyl sites for hydroxylation is 1. The van der Waals surface area contributed by atoms with Gasteiger partial charge in [0.05, 0.1) is 17.2 Å². The van der Waals surface area contributed by atoms with Crippen LogP contribution in [0.5, 0.6) is 5.75 Å². The number of halogens is 1. The molecule has 0 aliphatic heterocycles. The molecule has 0 spiro atoms. The van der Waals surface area contributed by atoms with Crippen LogP contribution in [0.1, 0.15) is 50.7 Å². The summed E-state index contributed by atoms with van der Waals surface area (Å²) < 4.78 is 34.6. The summed E-state index contributed by atoms with van der Waals surface area (Å²) in [6.45, 7) is 5.48. The molecule has 224 valence electrons. The van der Waals surface area contributed by atoms with E-state index >= 15 is 0 Å². The minimum absolute atomic E-state index is 0.0612. The van der Waals surface area contributed by atoms with Crippen molar-refractivity contribution < 1.29 is 22.7 Å². The highest BCUT2D eigenvalue weighted by molar-refractivity contribution is 7.92. The van der Waals surface area contributed by atoms with Crippen LogP contribution in [0, 0.1) is 6.92 Å². The Morgan fingerprint density at radius 3 is 2.19 bits per heavy atom. The average Bonchev–Trinajstić information content (AvgIpc) is 3.49. The Labute approximate surface area is 253 Å². The fourth-order valence-corrected chi connectivity index (χ4v) is 6.54. The van der Waals surface area contributed by atoms with Gasteiger partial charge in [0.1, 0.15) is 18.3 Å². The molecule has 2 amide bonds. The molecule has 10 heteroatoms. The largest absolute Gasteiger partial charge is 0.494 e. The monoisotopic (exact) mass is 611 g/mol. The molecule has 1 atom stereocenters. The maximum absolute atomic E-state index is 14.1. The molecule has 1 aliphatic carbocycles. The van der Waals surface area contributed by atoms with Gasteiger partial charge in [-0.2, -0.15) is 0 Å². The van der Waals surface area contributed by atoms with Crippen LogP contribution in [0.15, 0.2) is 77.7 Å². The molecule has 1 saturated carbocycles. The van der Waals surface area contributed by atoms with E-state index in [9.17, 15) is 18.0 Å². The third kappa shape index (κ3) is 7.83. The van der Waals surface area contributed by atoms with Gasteiger partial charge in [-0.1, -0.05) is 54.3 Å². The van der Waals surface area contributed by atoms with Crippen LogP contribution in [0.25, 0.3) is 0 Å². The molecule has 1 unspecified atom stereocenters. The van der Waals surface area contributed by atoms with Gasteiger partial charge in [0.25, 0.3) is 10.0 Å². The Kier molecular flexibility index (Phi) is 10.5. The van der Waals surface area contributed by atoms with Crippen LogP contribution >= 0.6 is 11.6 Å². The van der Waals surface area contributed by atoms with Crippen molar-refractivity contribution >= 4 is 39.1 Å². The van der Waals surface area contributed by atoms with E-state index in [0.29, 0.717) is 23.1 Å². The van der Waals surface area contributed by atoms with Crippen molar-refractivity contribution in [1.82, 2.24) is 10.2 Å². The minimum atomic E-state index is -4.14. The second kappa shape index (κ2) is 14.1. The number of rotatable bonds is 12. The number of carbonyl (C=O) groups excluding carboxylic acids is 2. The summed E-state index contributed by atoms with van der Waals surface area (Å²) in [7, 11) is -4.14. The van der Waals surface area contributed by atoms with Crippen molar-refractivity contribution in [3.8, 4) is 5.75 Å². The van der Waals surface area contributed by atoms with Gasteiger partial charge in [0.2, 0.25) is 11.8 Å². The highest BCUT2D eigenvalue weighted by Gasteiger charge is 2.33. The summed E-state index contributed by atoms with van der Waals surface area (Å²) in [5, 5.41) is 3.62. The third-order valence-corrected chi connectivity index (χ3v) is 9.50. The van der Waals surface area contributed by atoms with Gasteiger partial charge in [-0.15, -0.1) is 0 Å². The van der Waals surface area contributed by atoms with E-state index in [-0.39, 0.29) is 23.4 Å². The topological polar surface area (TPSA) is 96.0 Å². The number of anilines is 1. The number of nitrogens with one attached hydrogen (secondary N) is 1. The molecule has 1 fully saturated rings. The molecule has 1 N–H and O–H groups in total. The summed E-state index contributed by atoms with van der Waals surface area (Å²) >= 11 is 6.08. The molecule has 3 aromatic rings. The minimum Gasteiger partial charge on any atom is -0.494 e. The first-order valence-electron chi connectivity index (χ1n) is 14.2. The Balaban J connectivity index is 1.68. The van der Waals surface area contributed by atoms with Crippen molar-refractivity contribution in [2.75, 3.05) is 17.5 Å². The van der Waals surface area contributed by atoms with Crippen LogP contribution < -0.4 is 14.4 Å². The van der Waals surface area contributed by atoms with Crippen LogP contribution in [-0.4, -0.2) is 50.4 Å². The Bertz CT molecular complexity index is 1460. The Morgan fingerprint density at radius 2 is 1.60 bits per heavy atom. The molecular weight excluding hydrogens is 574 g/mol.